The summed E-state index contributed by atoms with van der Waals surface area (Å²) in [7, 11) is 0. The third kappa shape index (κ3) is 2.13. The predicted molar refractivity (Wildman–Crippen MR) is 77.4 cm³/mol. The van der Waals surface area contributed by atoms with Crippen molar-refractivity contribution in [1.82, 2.24) is 4.98 Å². The van der Waals surface area contributed by atoms with Gasteiger partial charge in [-0.15, -0.1) is 0 Å². The molecule has 2 heterocycles. The fourth-order valence-electron chi connectivity index (χ4n) is 1.84. The van der Waals surface area contributed by atoms with Crippen molar-refractivity contribution in [3.63, 3.8) is 0 Å². The molecule has 0 saturated heterocycles. The van der Waals surface area contributed by atoms with Gasteiger partial charge >= 0.3 is 0 Å². The average molecular weight is 308 g/mol. The molecule has 4 nitrogen and oxygen atoms in total. The summed E-state index contributed by atoms with van der Waals surface area (Å²) >= 11 is 11.6. The summed E-state index contributed by atoms with van der Waals surface area (Å²) in [6.07, 6.45) is 1.32. The van der Waals surface area contributed by atoms with Crippen molar-refractivity contribution < 1.29 is 9.52 Å². The van der Waals surface area contributed by atoms with E-state index in [0.717, 1.165) is 0 Å². The smallest absolute Gasteiger partial charge is 0.253 e. The number of benzene rings is 1. The van der Waals surface area contributed by atoms with Crippen LogP contribution in [0, 0.1) is 0 Å². The second-order valence-corrected chi connectivity index (χ2v) is 4.99. The van der Waals surface area contributed by atoms with Crippen LogP contribution in [-0.4, -0.2) is 10.1 Å². The molecule has 2 aromatic heterocycles. The Morgan fingerprint density at radius 1 is 1.10 bits per heavy atom. The first-order valence-corrected chi connectivity index (χ1v) is 6.39. The molecule has 100 valence electrons. The zero-order valence-electron chi connectivity index (χ0n) is 9.93. The van der Waals surface area contributed by atoms with Gasteiger partial charge in [0.25, 0.3) is 5.43 Å². The van der Waals surface area contributed by atoms with E-state index in [4.69, 9.17) is 27.6 Å². The summed E-state index contributed by atoms with van der Waals surface area (Å²) in [5, 5.41) is 10.9. The molecular weight excluding hydrogens is 301 g/mol. The number of hydrogen-bond donors (Lipinski definition) is 1. The van der Waals surface area contributed by atoms with E-state index in [1.807, 2.05) is 0 Å². The van der Waals surface area contributed by atoms with E-state index in [9.17, 15) is 9.90 Å². The Morgan fingerprint density at radius 2 is 1.80 bits per heavy atom. The molecule has 0 fully saturated rings. The Bertz CT molecular complexity index is 857. The first-order chi connectivity index (χ1) is 9.56. The molecule has 0 atom stereocenters. The predicted octanol–water partition coefficient (Wildman–Crippen LogP) is 3.87. The lowest BCUT2D eigenvalue weighted by Crippen LogP contribution is -2.04. The summed E-state index contributed by atoms with van der Waals surface area (Å²) in [5.41, 5.74) is 0.175. The van der Waals surface area contributed by atoms with Crippen molar-refractivity contribution in [2.45, 2.75) is 0 Å². The van der Waals surface area contributed by atoms with E-state index in [1.165, 1.54) is 12.3 Å². The zero-order chi connectivity index (χ0) is 14.3. The highest BCUT2D eigenvalue weighted by molar-refractivity contribution is 6.31. The summed E-state index contributed by atoms with van der Waals surface area (Å²) in [6.45, 7) is 0. The minimum absolute atomic E-state index is 0.0320. The van der Waals surface area contributed by atoms with E-state index in [0.29, 0.717) is 15.6 Å². The lowest BCUT2D eigenvalue weighted by atomic mass is 10.1. The third-order valence-electron chi connectivity index (χ3n) is 2.78. The lowest BCUT2D eigenvalue weighted by Gasteiger charge is -2.05. The number of hydrogen-bond acceptors (Lipinski definition) is 4. The van der Waals surface area contributed by atoms with Crippen LogP contribution in [-0.2, 0) is 0 Å². The Labute approximate surface area is 123 Å². The van der Waals surface area contributed by atoms with Gasteiger partial charge < -0.3 is 9.52 Å². The summed E-state index contributed by atoms with van der Waals surface area (Å²) in [6, 6.07) is 8.03. The van der Waals surface area contributed by atoms with Crippen LogP contribution in [0.25, 0.3) is 22.4 Å². The summed E-state index contributed by atoms with van der Waals surface area (Å²) in [5.74, 6) is -0.433. The fraction of sp³-hybridized carbons (Fsp3) is 0. The lowest BCUT2D eigenvalue weighted by molar-refractivity contribution is 0.448. The molecule has 0 aliphatic carbocycles. The van der Waals surface area contributed by atoms with E-state index in [2.05, 4.69) is 4.98 Å². The minimum atomic E-state index is -0.604. The molecule has 0 spiro atoms. The van der Waals surface area contributed by atoms with E-state index < -0.39 is 11.2 Å². The number of aromatic hydroxyl groups is 1. The number of nitrogens with zero attached hydrogens (tertiary/aromatic N) is 1. The second kappa shape index (κ2) is 4.81. The van der Waals surface area contributed by atoms with Crippen molar-refractivity contribution in [3.05, 3.63) is 56.8 Å². The van der Waals surface area contributed by atoms with Gasteiger partial charge in [0.05, 0.1) is 5.02 Å². The molecule has 0 radical (unpaired) electrons. The quantitative estimate of drug-likeness (QED) is 0.741. The van der Waals surface area contributed by atoms with Crippen LogP contribution in [0.1, 0.15) is 0 Å². The topological polar surface area (TPSA) is 63.3 Å². The Kier molecular flexibility index (Phi) is 3.12. The summed E-state index contributed by atoms with van der Waals surface area (Å²) in [4.78, 5) is 15.9. The van der Waals surface area contributed by atoms with Gasteiger partial charge in [0.2, 0.25) is 5.75 Å². The summed E-state index contributed by atoms with van der Waals surface area (Å²) < 4.78 is 5.54. The highest BCUT2D eigenvalue weighted by Crippen LogP contribution is 2.30. The molecule has 6 heteroatoms. The van der Waals surface area contributed by atoms with Crippen LogP contribution in [0.4, 0.5) is 0 Å². The van der Waals surface area contributed by atoms with Gasteiger partial charge in [0.1, 0.15) is 0 Å². The van der Waals surface area contributed by atoms with Gasteiger partial charge in [-0.1, -0.05) is 23.2 Å². The maximum Gasteiger partial charge on any atom is 0.253 e. The zero-order valence-corrected chi connectivity index (χ0v) is 11.4. The second-order valence-electron chi connectivity index (χ2n) is 4.12. The van der Waals surface area contributed by atoms with Crippen molar-refractivity contribution in [2.75, 3.05) is 0 Å². The number of aromatic nitrogens is 1. The number of pyridine rings is 1. The normalized spacial score (nSPS) is 10.9. The maximum atomic E-state index is 12.1. The molecule has 3 aromatic rings. The average Bonchev–Trinajstić information content (AvgIpc) is 2.44. The highest BCUT2D eigenvalue weighted by atomic mass is 35.5. The largest absolute Gasteiger partial charge is 0.501 e. The van der Waals surface area contributed by atoms with Gasteiger partial charge in [0, 0.05) is 22.8 Å². The monoisotopic (exact) mass is 307 g/mol. The molecule has 0 bridgehead atoms. The van der Waals surface area contributed by atoms with E-state index in [-0.39, 0.29) is 16.9 Å². The first-order valence-electron chi connectivity index (χ1n) is 5.63. The maximum absolute atomic E-state index is 12.1. The fourth-order valence-corrected chi connectivity index (χ4v) is 2.11. The highest BCUT2D eigenvalue weighted by Gasteiger charge is 2.16. The van der Waals surface area contributed by atoms with E-state index in [1.54, 1.807) is 24.3 Å². The number of fused-ring (bicyclic) bond motifs is 1. The van der Waals surface area contributed by atoms with Crippen molar-refractivity contribution in [2.24, 2.45) is 0 Å². The molecule has 3 rings (SSSR count). The standard InChI is InChI=1S/C14H7Cl2NO3/c15-8-3-1-7(2-4-8)14-13(19)12(18)11-10(20-14)5-9(16)6-17-11/h1-6,19H. The van der Waals surface area contributed by atoms with E-state index >= 15 is 0 Å². The van der Waals surface area contributed by atoms with Crippen molar-refractivity contribution in [3.8, 4) is 17.1 Å². The molecule has 1 N–H and O–H groups in total. The minimum Gasteiger partial charge on any atom is -0.501 e. The number of rotatable bonds is 1. The molecule has 0 amide bonds. The van der Waals surface area contributed by atoms with Gasteiger partial charge in [-0.2, -0.15) is 0 Å². The Morgan fingerprint density at radius 3 is 2.50 bits per heavy atom. The number of halogens is 2. The van der Waals surface area contributed by atoms with Crippen LogP contribution in [0.15, 0.2) is 45.7 Å². The molecular formula is C14H7Cl2NO3. The van der Waals surface area contributed by atoms with Crippen LogP contribution >= 0.6 is 23.2 Å². The Hall–Kier alpha value is -2.04. The van der Waals surface area contributed by atoms with Gasteiger partial charge in [-0.05, 0) is 24.3 Å². The molecule has 0 unspecified atom stereocenters. The Balaban J connectivity index is 2.33. The SMILES string of the molecule is O=c1c(O)c(-c2ccc(Cl)cc2)oc2cc(Cl)cnc12. The van der Waals surface area contributed by atoms with Crippen molar-refractivity contribution >= 4 is 34.3 Å². The first kappa shape index (κ1) is 13.0. The van der Waals surface area contributed by atoms with Gasteiger partial charge in [0.15, 0.2) is 16.9 Å². The van der Waals surface area contributed by atoms with Crippen LogP contribution in [0.3, 0.4) is 0 Å². The van der Waals surface area contributed by atoms with Crippen LogP contribution in [0.5, 0.6) is 5.75 Å². The van der Waals surface area contributed by atoms with Crippen LogP contribution in [0.2, 0.25) is 10.0 Å². The van der Waals surface area contributed by atoms with Gasteiger partial charge in [-0.3, -0.25) is 4.79 Å². The molecule has 0 aliphatic heterocycles. The van der Waals surface area contributed by atoms with Gasteiger partial charge in [-0.25, -0.2) is 4.98 Å². The van der Waals surface area contributed by atoms with Crippen LogP contribution < -0.4 is 5.43 Å². The molecule has 0 saturated carbocycles. The molecule has 20 heavy (non-hydrogen) atoms. The molecule has 0 aliphatic rings. The molecule has 1 aromatic carbocycles. The third-order valence-corrected chi connectivity index (χ3v) is 3.24. The van der Waals surface area contributed by atoms with Crippen molar-refractivity contribution in [1.29, 1.82) is 0 Å².